The van der Waals surface area contributed by atoms with E-state index < -0.39 is 0 Å². The van der Waals surface area contributed by atoms with Gasteiger partial charge in [0.15, 0.2) is 5.65 Å². The molecule has 1 aliphatic rings. The van der Waals surface area contributed by atoms with Crippen molar-refractivity contribution >= 4 is 28.4 Å². The first-order valence-electron chi connectivity index (χ1n) is 8.27. The molecule has 0 bridgehead atoms. The van der Waals surface area contributed by atoms with E-state index >= 15 is 0 Å². The quantitative estimate of drug-likeness (QED) is 0.741. The van der Waals surface area contributed by atoms with Gasteiger partial charge < -0.3 is 15.1 Å². The number of carbonyl (C=O) groups excluding carboxylic acids is 1. The molecule has 0 saturated carbocycles. The summed E-state index contributed by atoms with van der Waals surface area (Å²) in [6, 6.07) is 10.3. The van der Waals surface area contributed by atoms with Crippen LogP contribution in [0.25, 0.3) is 11.0 Å². The Morgan fingerprint density at radius 3 is 2.72 bits per heavy atom. The Bertz CT molecular complexity index is 856. The highest BCUT2D eigenvalue weighted by Crippen LogP contribution is 2.17. The predicted octanol–water partition coefficient (Wildman–Crippen LogP) is 1.11. The Morgan fingerprint density at radius 1 is 1.12 bits per heavy atom. The molecule has 3 heterocycles. The van der Waals surface area contributed by atoms with Crippen molar-refractivity contribution in [1.82, 2.24) is 25.1 Å². The number of nitrogens with zero attached hydrogens (tertiary/aromatic N) is 5. The van der Waals surface area contributed by atoms with Gasteiger partial charge >= 0.3 is 0 Å². The lowest BCUT2D eigenvalue weighted by Crippen LogP contribution is -2.50. The lowest BCUT2D eigenvalue weighted by molar-refractivity contribution is -0.129. The van der Waals surface area contributed by atoms with Gasteiger partial charge in [0.25, 0.3) is 0 Å². The van der Waals surface area contributed by atoms with Crippen LogP contribution in [0.2, 0.25) is 0 Å². The molecule has 4 rings (SSSR count). The van der Waals surface area contributed by atoms with Crippen molar-refractivity contribution in [2.45, 2.75) is 0 Å². The lowest BCUT2D eigenvalue weighted by atomic mass is 10.2. The number of fused-ring (bicyclic) bond motifs is 1. The zero-order valence-electron chi connectivity index (χ0n) is 13.7. The number of para-hydroxylation sites is 1. The summed E-state index contributed by atoms with van der Waals surface area (Å²) in [5, 5.41) is 10.6. The monoisotopic (exact) mass is 337 g/mol. The molecule has 8 nitrogen and oxygen atoms in total. The molecule has 1 saturated heterocycles. The molecule has 0 spiro atoms. The van der Waals surface area contributed by atoms with Crippen molar-refractivity contribution in [2.24, 2.45) is 0 Å². The summed E-state index contributed by atoms with van der Waals surface area (Å²) in [4.78, 5) is 24.9. The average molecular weight is 337 g/mol. The van der Waals surface area contributed by atoms with Gasteiger partial charge in [0, 0.05) is 31.9 Å². The minimum Gasteiger partial charge on any atom is -0.368 e. The van der Waals surface area contributed by atoms with E-state index in [0.29, 0.717) is 11.5 Å². The van der Waals surface area contributed by atoms with Gasteiger partial charge in [-0.05, 0) is 12.1 Å². The molecule has 1 amide bonds. The molecule has 0 radical (unpaired) electrons. The van der Waals surface area contributed by atoms with Gasteiger partial charge in [-0.2, -0.15) is 5.10 Å². The highest BCUT2D eigenvalue weighted by Gasteiger charge is 2.21. The Morgan fingerprint density at radius 2 is 1.92 bits per heavy atom. The molecular formula is C17H19N7O. The van der Waals surface area contributed by atoms with Gasteiger partial charge in [-0.15, -0.1) is 0 Å². The summed E-state index contributed by atoms with van der Waals surface area (Å²) >= 11 is 0. The number of benzene rings is 1. The minimum atomic E-state index is 0.0722. The van der Waals surface area contributed by atoms with Crippen LogP contribution in [-0.2, 0) is 4.79 Å². The summed E-state index contributed by atoms with van der Waals surface area (Å²) < 4.78 is 0. The van der Waals surface area contributed by atoms with Gasteiger partial charge in [0.2, 0.25) is 5.91 Å². The maximum absolute atomic E-state index is 12.5. The van der Waals surface area contributed by atoms with Crippen LogP contribution in [0.1, 0.15) is 0 Å². The first-order valence-corrected chi connectivity index (χ1v) is 8.27. The second kappa shape index (κ2) is 6.76. The molecule has 0 unspecified atom stereocenters. The van der Waals surface area contributed by atoms with Crippen LogP contribution in [-0.4, -0.2) is 63.7 Å². The van der Waals surface area contributed by atoms with Crippen molar-refractivity contribution < 1.29 is 4.79 Å². The van der Waals surface area contributed by atoms with E-state index in [9.17, 15) is 4.79 Å². The molecule has 0 atom stereocenters. The summed E-state index contributed by atoms with van der Waals surface area (Å²) in [7, 11) is 0. The highest BCUT2D eigenvalue weighted by atomic mass is 16.2. The predicted molar refractivity (Wildman–Crippen MR) is 95.4 cm³/mol. The van der Waals surface area contributed by atoms with Crippen molar-refractivity contribution in [3.8, 4) is 0 Å². The van der Waals surface area contributed by atoms with E-state index in [1.807, 2.05) is 23.1 Å². The molecular weight excluding hydrogens is 318 g/mol. The van der Waals surface area contributed by atoms with Crippen LogP contribution < -0.4 is 10.2 Å². The zero-order valence-corrected chi connectivity index (χ0v) is 13.7. The molecule has 128 valence electrons. The summed E-state index contributed by atoms with van der Waals surface area (Å²) in [6.07, 6.45) is 3.10. The first-order chi connectivity index (χ1) is 12.3. The number of nitrogens with one attached hydrogen (secondary N) is 2. The zero-order chi connectivity index (χ0) is 17.1. The summed E-state index contributed by atoms with van der Waals surface area (Å²) in [5.41, 5.74) is 1.86. The number of anilines is 2. The number of H-pyrrole nitrogens is 1. The molecule has 1 fully saturated rings. The van der Waals surface area contributed by atoms with E-state index in [1.54, 1.807) is 6.20 Å². The minimum absolute atomic E-state index is 0.0722. The Hall–Kier alpha value is -3.16. The van der Waals surface area contributed by atoms with Gasteiger partial charge in [0.05, 0.1) is 18.1 Å². The Kier molecular flexibility index (Phi) is 4.16. The van der Waals surface area contributed by atoms with Gasteiger partial charge in [0.1, 0.15) is 12.1 Å². The van der Waals surface area contributed by atoms with Crippen molar-refractivity contribution in [2.75, 3.05) is 42.9 Å². The van der Waals surface area contributed by atoms with Crippen molar-refractivity contribution in [1.29, 1.82) is 0 Å². The maximum Gasteiger partial charge on any atom is 0.242 e. The van der Waals surface area contributed by atoms with E-state index in [4.69, 9.17) is 0 Å². The van der Waals surface area contributed by atoms with Crippen LogP contribution in [0.15, 0.2) is 42.9 Å². The van der Waals surface area contributed by atoms with Crippen LogP contribution in [0.4, 0.5) is 11.5 Å². The van der Waals surface area contributed by atoms with E-state index in [-0.39, 0.29) is 12.5 Å². The Labute approximate surface area is 144 Å². The average Bonchev–Trinajstić information content (AvgIpc) is 3.16. The molecule has 25 heavy (non-hydrogen) atoms. The molecule has 8 heteroatoms. The first kappa shape index (κ1) is 15.4. The third-order valence-electron chi connectivity index (χ3n) is 4.41. The van der Waals surface area contributed by atoms with Gasteiger partial charge in [-0.3, -0.25) is 9.89 Å². The third-order valence-corrected chi connectivity index (χ3v) is 4.41. The number of piperazine rings is 1. The van der Waals surface area contributed by atoms with Crippen LogP contribution in [0.3, 0.4) is 0 Å². The number of hydrogen-bond donors (Lipinski definition) is 2. The fourth-order valence-electron chi connectivity index (χ4n) is 3.03. The second-order valence-electron chi connectivity index (χ2n) is 5.91. The molecule has 3 aromatic rings. The summed E-state index contributed by atoms with van der Waals surface area (Å²) in [6.45, 7) is 3.34. The topological polar surface area (TPSA) is 90.0 Å². The maximum atomic E-state index is 12.5. The molecule has 1 aromatic carbocycles. The largest absolute Gasteiger partial charge is 0.368 e. The molecule has 0 aliphatic carbocycles. The summed E-state index contributed by atoms with van der Waals surface area (Å²) in [5.74, 6) is 0.693. The SMILES string of the molecule is O=C(CNc1ncnc2[nH]ncc12)N1CCN(c2ccccc2)CC1. The van der Waals surface area contributed by atoms with E-state index in [1.165, 1.54) is 12.0 Å². The molecule has 2 N–H and O–H groups in total. The van der Waals surface area contributed by atoms with Crippen LogP contribution >= 0.6 is 0 Å². The number of carbonyl (C=O) groups is 1. The van der Waals surface area contributed by atoms with E-state index in [2.05, 4.69) is 42.5 Å². The van der Waals surface area contributed by atoms with Gasteiger partial charge in [-0.25, -0.2) is 9.97 Å². The fourth-order valence-corrected chi connectivity index (χ4v) is 3.03. The third kappa shape index (κ3) is 3.23. The normalized spacial score (nSPS) is 14.7. The molecule has 1 aliphatic heterocycles. The number of aromatic amines is 1. The number of rotatable bonds is 4. The number of hydrogen-bond acceptors (Lipinski definition) is 6. The highest BCUT2D eigenvalue weighted by molar-refractivity contribution is 5.88. The Balaban J connectivity index is 1.33. The van der Waals surface area contributed by atoms with Crippen LogP contribution in [0, 0.1) is 0 Å². The van der Waals surface area contributed by atoms with Crippen LogP contribution in [0.5, 0.6) is 0 Å². The number of aromatic nitrogens is 4. The number of amides is 1. The van der Waals surface area contributed by atoms with E-state index in [0.717, 1.165) is 31.6 Å². The standard InChI is InChI=1S/C17H19N7O/c25-15(11-18-16-14-10-21-22-17(14)20-12-19-16)24-8-6-23(7-9-24)13-4-2-1-3-5-13/h1-5,10,12H,6-9,11H2,(H2,18,19,20,21,22). The van der Waals surface area contributed by atoms with Gasteiger partial charge in [-0.1, -0.05) is 18.2 Å². The second-order valence-corrected chi connectivity index (χ2v) is 5.91. The molecule has 2 aromatic heterocycles. The fraction of sp³-hybridized carbons (Fsp3) is 0.294. The lowest BCUT2D eigenvalue weighted by Gasteiger charge is -2.36. The smallest absolute Gasteiger partial charge is 0.242 e. The van der Waals surface area contributed by atoms with Crippen molar-refractivity contribution in [3.05, 3.63) is 42.9 Å². The van der Waals surface area contributed by atoms with Crippen molar-refractivity contribution in [3.63, 3.8) is 0 Å².